The van der Waals surface area contributed by atoms with Gasteiger partial charge in [0, 0.05) is 29.2 Å². The van der Waals surface area contributed by atoms with Crippen molar-refractivity contribution in [2.24, 2.45) is 17.9 Å². The van der Waals surface area contributed by atoms with E-state index in [2.05, 4.69) is 5.16 Å². The molecule has 78 valence electrons. The minimum atomic E-state index is 0.157. The summed E-state index contributed by atoms with van der Waals surface area (Å²) < 4.78 is 2.03. The molecule has 0 fully saturated rings. The highest BCUT2D eigenvalue weighted by atomic mass is 16.4. The Balaban J connectivity index is 2.90. The Kier molecular flexibility index (Phi) is 2.11. The maximum absolute atomic E-state index is 8.74. The lowest BCUT2D eigenvalue weighted by molar-refractivity contribution is 0.318. The van der Waals surface area contributed by atoms with E-state index in [-0.39, 0.29) is 5.84 Å². The number of hydrogen-bond donors (Lipinski definition) is 2. The second-order valence-electron chi connectivity index (χ2n) is 3.52. The number of aryl methyl sites for hydroxylation is 1. The SMILES string of the molecule is Cc1c(/C(N)=N\O)c2ccccc2n1C. The fourth-order valence-electron chi connectivity index (χ4n) is 1.89. The van der Waals surface area contributed by atoms with Crippen molar-refractivity contribution in [3.63, 3.8) is 0 Å². The summed E-state index contributed by atoms with van der Waals surface area (Å²) in [6, 6.07) is 7.89. The van der Waals surface area contributed by atoms with Gasteiger partial charge in [-0.2, -0.15) is 0 Å². The van der Waals surface area contributed by atoms with Crippen molar-refractivity contribution in [3.8, 4) is 0 Å². The summed E-state index contributed by atoms with van der Waals surface area (Å²) in [5, 5.41) is 12.8. The number of aromatic nitrogens is 1. The topological polar surface area (TPSA) is 63.5 Å². The fourth-order valence-corrected chi connectivity index (χ4v) is 1.89. The lowest BCUT2D eigenvalue weighted by Gasteiger charge is -1.99. The lowest BCUT2D eigenvalue weighted by atomic mass is 10.1. The van der Waals surface area contributed by atoms with Gasteiger partial charge in [-0.05, 0) is 13.0 Å². The normalized spacial score (nSPS) is 12.3. The Labute approximate surface area is 87.6 Å². The molecule has 0 aliphatic heterocycles. The smallest absolute Gasteiger partial charge is 0.172 e. The molecule has 4 nitrogen and oxygen atoms in total. The molecule has 0 saturated heterocycles. The molecule has 0 radical (unpaired) electrons. The van der Waals surface area contributed by atoms with Gasteiger partial charge in [-0.3, -0.25) is 0 Å². The first kappa shape index (κ1) is 9.58. The molecule has 4 heteroatoms. The zero-order valence-electron chi connectivity index (χ0n) is 8.73. The number of hydrogen-bond acceptors (Lipinski definition) is 2. The third kappa shape index (κ3) is 1.26. The quantitative estimate of drug-likeness (QED) is 0.320. The zero-order chi connectivity index (χ0) is 11.0. The molecular weight excluding hydrogens is 190 g/mol. The summed E-state index contributed by atoms with van der Waals surface area (Å²) >= 11 is 0. The van der Waals surface area contributed by atoms with Crippen LogP contribution in [0.5, 0.6) is 0 Å². The van der Waals surface area contributed by atoms with E-state index in [0.717, 1.165) is 22.2 Å². The molecule has 1 aromatic carbocycles. The Morgan fingerprint density at radius 3 is 2.73 bits per heavy atom. The van der Waals surface area contributed by atoms with Crippen molar-refractivity contribution in [1.82, 2.24) is 4.57 Å². The number of para-hydroxylation sites is 1. The maximum Gasteiger partial charge on any atom is 0.172 e. The number of amidine groups is 1. The second-order valence-corrected chi connectivity index (χ2v) is 3.52. The molecule has 0 unspecified atom stereocenters. The molecule has 0 amide bonds. The van der Waals surface area contributed by atoms with Crippen molar-refractivity contribution in [2.75, 3.05) is 0 Å². The van der Waals surface area contributed by atoms with Crippen LogP contribution in [0.25, 0.3) is 10.9 Å². The van der Waals surface area contributed by atoms with E-state index in [4.69, 9.17) is 10.9 Å². The Morgan fingerprint density at radius 2 is 2.07 bits per heavy atom. The monoisotopic (exact) mass is 203 g/mol. The van der Waals surface area contributed by atoms with E-state index in [1.54, 1.807) is 0 Å². The molecule has 2 rings (SSSR count). The van der Waals surface area contributed by atoms with Crippen LogP contribution in [0, 0.1) is 6.92 Å². The van der Waals surface area contributed by atoms with E-state index >= 15 is 0 Å². The molecule has 0 bridgehead atoms. The Morgan fingerprint density at radius 1 is 1.40 bits per heavy atom. The molecule has 0 spiro atoms. The van der Waals surface area contributed by atoms with Crippen molar-refractivity contribution in [3.05, 3.63) is 35.5 Å². The first-order valence-electron chi connectivity index (χ1n) is 4.68. The third-order valence-electron chi connectivity index (χ3n) is 2.76. The van der Waals surface area contributed by atoms with Crippen LogP contribution < -0.4 is 5.73 Å². The van der Waals surface area contributed by atoms with Crippen LogP contribution in [0.15, 0.2) is 29.4 Å². The van der Waals surface area contributed by atoms with Gasteiger partial charge in [0.25, 0.3) is 0 Å². The van der Waals surface area contributed by atoms with Gasteiger partial charge in [-0.15, -0.1) is 0 Å². The van der Waals surface area contributed by atoms with Crippen molar-refractivity contribution in [2.45, 2.75) is 6.92 Å². The standard InChI is InChI=1S/C11H13N3O/c1-7-10(11(12)13-15)8-5-3-4-6-9(8)14(7)2/h3-6,15H,1-2H3,(H2,12,13). The summed E-state index contributed by atoms with van der Waals surface area (Å²) in [5.74, 6) is 0.157. The first-order chi connectivity index (χ1) is 7.16. The van der Waals surface area contributed by atoms with Crippen molar-refractivity contribution < 1.29 is 5.21 Å². The summed E-state index contributed by atoms with van der Waals surface area (Å²) in [4.78, 5) is 0. The van der Waals surface area contributed by atoms with Gasteiger partial charge >= 0.3 is 0 Å². The predicted molar refractivity (Wildman–Crippen MR) is 60.2 cm³/mol. The predicted octanol–water partition coefficient (Wildman–Crippen LogP) is 1.58. The van der Waals surface area contributed by atoms with Gasteiger partial charge in [-0.1, -0.05) is 23.4 Å². The summed E-state index contributed by atoms with van der Waals surface area (Å²) in [6.07, 6.45) is 0. The van der Waals surface area contributed by atoms with E-state index < -0.39 is 0 Å². The van der Waals surface area contributed by atoms with E-state index in [1.807, 2.05) is 42.8 Å². The molecule has 15 heavy (non-hydrogen) atoms. The average molecular weight is 203 g/mol. The zero-order valence-corrected chi connectivity index (χ0v) is 8.73. The molecule has 3 N–H and O–H groups in total. The van der Waals surface area contributed by atoms with Crippen LogP contribution in [0.4, 0.5) is 0 Å². The highest BCUT2D eigenvalue weighted by Gasteiger charge is 2.14. The van der Waals surface area contributed by atoms with E-state index in [0.29, 0.717) is 0 Å². The number of fused-ring (bicyclic) bond motifs is 1. The maximum atomic E-state index is 8.74. The van der Waals surface area contributed by atoms with Crippen LogP contribution in [-0.4, -0.2) is 15.6 Å². The van der Waals surface area contributed by atoms with Crippen molar-refractivity contribution in [1.29, 1.82) is 0 Å². The van der Waals surface area contributed by atoms with Crippen LogP contribution in [0.1, 0.15) is 11.3 Å². The van der Waals surface area contributed by atoms with Gasteiger partial charge in [0.1, 0.15) is 0 Å². The molecular formula is C11H13N3O. The van der Waals surface area contributed by atoms with Crippen LogP contribution in [-0.2, 0) is 7.05 Å². The summed E-state index contributed by atoms with van der Waals surface area (Å²) in [6.45, 7) is 1.95. The number of nitrogens with two attached hydrogens (primary N) is 1. The Bertz CT molecular complexity index is 540. The largest absolute Gasteiger partial charge is 0.409 e. The van der Waals surface area contributed by atoms with Crippen LogP contribution >= 0.6 is 0 Å². The van der Waals surface area contributed by atoms with Gasteiger partial charge in [-0.25, -0.2) is 0 Å². The number of benzene rings is 1. The molecule has 1 heterocycles. The summed E-state index contributed by atoms with van der Waals surface area (Å²) in [7, 11) is 1.96. The molecule has 0 atom stereocenters. The first-order valence-corrected chi connectivity index (χ1v) is 4.68. The van der Waals surface area contributed by atoms with Gasteiger partial charge < -0.3 is 15.5 Å². The number of nitrogens with zero attached hydrogens (tertiary/aromatic N) is 2. The van der Waals surface area contributed by atoms with Gasteiger partial charge in [0.05, 0.1) is 0 Å². The van der Waals surface area contributed by atoms with Gasteiger partial charge in [0.2, 0.25) is 0 Å². The fraction of sp³-hybridized carbons (Fsp3) is 0.182. The second kappa shape index (κ2) is 3.31. The number of oxime groups is 1. The Hall–Kier alpha value is -1.97. The van der Waals surface area contributed by atoms with Crippen LogP contribution in [0.2, 0.25) is 0 Å². The molecule has 2 aromatic rings. The third-order valence-corrected chi connectivity index (χ3v) is 2.76. The highest BCUT2D eigenvalue weighted by molar-refractivity contribution is 6.10. The average Bonchev–Trinajstić information content (AvgIpc) is 2.52. The van der Waals surface area contributed by atoms with Crippen molar-refractivity contribution >= 4 is 16.7 Å². The van der Waals surface area contributed by atoms with E-state index in [1.165, 1.54) is 0 Å². The molecule has 1 aromatic heterocycles. The highest BCUT2D eigenvalue weighted by Crippen LogP contribution is 2.24. The minimum Gasteiger partial charge on any atom is -0.409 e. The molecule has 0 aliphatic rings. The molecule has 0 saturated carbocycles. The molecule has 0 aliphatic carbocycles. The minimum absolute atomic E-state index is 0.157. The van der Waals surface area contributed by atoms with Crippen LogP contribution in [0.3, 0.4) is 0 Å². The van der Waals surface area contributed by atoms with E-state index in [9.17, 15) is 0 Å². The van der Waals surface area contributed by atoms with Gasteiger partial charge in [0.15, 0.2) is 5.84 Å². The number of rotatable bonds is 1. The summed E-state index contributed by atoms with van der Waals surface area (Å²) in [5.41, 5.74) is 8.53. The lowest BCUT2D eigenvalue weighted by Crippen LogP contribution is -2.14.